The van der Waals surface area contributed by atoms with E-state index < -0.39 is 0 Å². The maximum Gasteiger partial charge on any atom is 0.0781 e. The van der Waals surface area contributed by atoms with E-state index in [1.54, 1.807) is 0 Å². The molecule has 0 aliphatic carbocycles. The van der Waals surface area contributed by atoms with Crippen molar-refractivity contribution in [1.29, 1.82) is 0 Å². The summed E-state index contributed by atoms with van der Waals surface area (Å²) in [6.45, 7) is 4.64. The van der Waals surface area contributed by atoms with Gasteiger partial charge in [-0.1, -0.05) is 86.6 Å². The lowest BCUT2D eigenvalue weighted by Gasteiger charge is -2.42. The lowest BCUT2D eigenvalue weighted by atomic mass is 9.73. The van der Waals surface area contributed by atoms with Crippen LogP contribution in [0.4, 0.5) is 17.1 Å². The van der Waals surface area contributed by atoms with Crippen LogP contribution in [0.3, 0.4) is 0 Å². The number of nitrogens with zero attached hydrogens (tertiary/aromatic N) is 2. The summed E-state index contributed by atoms with van der Waals surface area (Å²) in [6.07, 6.45) is 1.90. The van der Waals surface area contributed by atoms with Gasteiger partial charge in [0.1, 0.15) is 0 Å². The van der Waals surface area contributed by atoms with Gasteiger partial charge in [-0.2, -0.15) is 0 Å². The van der Waals surface area contributed by atoms with E-state index >= 15 is 0 Å². The molecule has 1 aromatic heterocycles. The monoisotopic (exact) mass is 412 g/mol. The molecule has 1 aliphatic heterocycles. The predicted octanol–water partition coefficient (Wildman–Crippen LogP) is 8.01. The van der Waals surface area contributed by atoms with Gasteiger partial charge in [0.2, 0.25) is 0 Å². The molecular formula is C30H24N2. The first kappa shape index (κ1) is 18.8. The van der Waals surface area contributed by atoms with Crippen molar-refractivity contribution in [2.24, 2.45) is 0 Å². The first-order valence-corrected chi connectivity index (χ1v) is 11.1. The van der Waals surface area contributed by atoms with E-state index in [1.165, 1.54) is 33.3 Å². The summed E-state index contributed by atoms with van der Waals surface area (Å²) in [7, 11) is 0. The first-order valence-electron chi connectivity index (χ1n) is 11.1. The number of hydrogen-bond donors (Lipinski definition) is 0. The van der Waals surface area contributed by atoms with E-state index in [1.807, 2.05) is 6.20 Å². The number of rotatable bonds is 2. The van der Waals surface area contributed by atoms with Gasteiger partial charge in [0.15, 0.2) is 0 Å². The summed E-state index contributed by atoms with van der Waals surface area (Å²) in [6, 6.07) is 36.8. The van der Waals surface area contributed by atoms with Crippen molar-refractivity contribution in [3.8, 4) is 11.3 Å². The Morgan fingerprint density at radius 1 is 0.656 bits per heavy atom. The Hall–Kier alpha value is -3.91. The van der Waals surface area contributed by atoms with Crippen molar-refractivity contribution >= 4 is 27.8 Å². The Kier molecular flexibility index (Phi) is 4.16. The van der Waals surface area contributed by atoms with Crippen LogP contribution in [0.5, 0.6) is 0 Å². The van der Waals surface area contributed by atoms with Crippen LogP contribution in [0.2, 0.25) is 0 Å². The summed E-state index contributed by atoms with van der Waals surface area (Å²) >= 11 is 0. The molecule has 0 unspecified atom stereocenters. The molecule has 154 valence electrons. The first-order chi connectivity index (χ1) is 15.6. The van der Waals surface area contributed by atoms with Crippen molar-refractivity contribution in [3.63, 3.8) is 0 Å². The minimum atomic E-state index is -0.0571. The quantitative estimate of drug-likeness (QED) is 0.292. The second kappa shape index (κ2) is 7.06. The molecule has 5 aromatic rings. The fourth-order valence-electron chi connectivity index (χ4n) is 5.09. The summed E-state index contributed by atoms with van der Waals surface area (Å²) in [5.74, 6) is 0. The summed E-state index contributed by atoms with van der Waals surface area (Å²) < 4.78 is 0. The summed E-state index contributed by atoms with van der Waals surface area (Å²) in [4.78, 5) is 7.15. The lowest BCUT2D eigenvalue weighted by Crippen LogP contribution is -2.30. The molecule has 0 radical (unpaired) electrons. The lowest BCUT2D eigenvalue weighted by molar-refractivity contribution is 0.632. The third-order valence-corrected chi connectivity index (χ3v) is 6.69. The van der Waals surface area contributed by atoms with Crippen LogP contribution >= 0.6 is 0 Å². The second-order valence-corrected chi connectivity index (χ2v) is 8.93. The van der Waals surface area contributed by atoms with Gasteiger partial charge in [-0.25, -0.2) is 0 Å². The molecule has 0 bridgehead atoms. The van der Waals surface area contributed by atoms with E-state index in [9.17, 15) is 0 Å². The zero-order valence-corrected chi connectivity index (χ0v) is 18.3. The zero-order chi connectivity index (χ0) is 21.7. The molecule has 2 heteroatoms. The molecule has 0 saturated heterocycles. The van der Waals surface area contributed by atoms with E-state index in [4.69, 9.17) is 4.98 Å². The molecule has 6 rings (SSSR count). The van der Waals surface area contributed by atoms with Crippen LogP contribution in [-0.4, -0.2) is 4.98 Å². The molecule has 32 heavy (non-hydrogen) atoms. The zero-order valence-electron chi connectivity index (χ0n) is 18.3. The Balaban J connectivity index is 1.58. The number of aromatic nitrogens is 1. The molecule has 0 spiro atoms. The molecule has 0 amide bonds. The van der Waals surface area contributed by atoms with E-state index in [2.05, 4.69) is 122 Å². The Morgan fingerprint density at radius 3 is 2.06 bits per heavy atom. The number of para-hydroxylation sites is 2. The minimum absolute atomic E-state index is 0.0571. The minimum Gasteiger partial charge on any atom is -0.310 e. The van der Waals surface area contributed by atoms with Gasteiger partial charge in [0.05, 0.1) is 17.1 Å². The molecule has 1 aliphatic rings. The smallest absolute Gasteiger partial charge is 0.0781 e. The SMILES string of the molecule is CC1(C)c2ccccc2N(c2cccc(-c3nccc4ccccc34)c2)c2ccccc21. The van der Waals surface area contributed by atoms with Crippen LogP contribution in [-0.2, 0) is 5.41 Å². The van der Waals surface area contributed by atoms with Gasteiger partial charge in [-0.3, -0.25) is 4.98 Å². The van der Waals surface area contributed by atoms with Gasteiger partial charge >= 0.3 is 0 Å². The van der Waals surface area contributed by atoms with Crippen LogP contribution < -0.4 is 4.90 Å². The number of benzene rings is 4. The van der Waals surface area contributed by atoms with Crippen LogP contribution in [0.15, 0.2) is 109 Å². The van der Waals surface area contributed by atoms with E-state index in [0.717, 1.165) is 16.9 Å². The van der Waals surface area contributed by atoms with Gasteiger partial charge in [-0.05, 0) is 46.8 Å². The maximum atomic E-state index is 4.76. The Bertz CT molecular complexity index is 1410. The topological polar surface area (TPSA) is 16.1 Å². The molecule has 0 saturated carbocycles. The average Bonchev–Trinajstić information content (AvgIpc) is 2.84. The molecular weight excluding hydrogens is 388 g/mol. The van der Waals surface area contributed by atoms with Crippen molar-refractivity contribution in [2.45, 2.75) is 19.3 Å². The van der Waals surface area contributed by atoms with Crippen LogP contribution in [0.25, 0.3) is 22.0 Å². The number of pyridine rings is 1. The average molecular weight is 413 g/mol. The third kappa shape index (κ3) is 2.76. The number of fused-ring (bicyclic) bond motifs is 3. The van der Waals surface area contributed by atoms with Gasteiger partial charge in [0, 0.05) is 28.2 Å². The normalized spacial score (nSPS) is 14.1. The predicted molar refractivity (Wildman–Crippen MR) is 134 cm³/mol. The molecule has 0 atom stereocenters. The van der Waals surface area contributed by atoms with Crippen molar-refractivity contribution < 1.29 is 0 Å². The van der Waals surface area contributed by atoms with Crippen molar-refractivity contribution in [3.05, 3.63) is 120 Å². The van der Waals surface area contributed by atoms with Crippen molar-refractivity contribution in [2.75, 3.05) is 4.90 Å². The maximum absolute atomic E-state index is 4.76. The van der Waals surface area contributed by atoms with Crippen LogP contribution in [0.1, 0.15) is 25.0 Å². The standard InChI is InChI=1S/C30H24N2/c1-30(2)25-14-5-7-16-27(25)32(28-17-8-6-15-26(28)30)23-12-9-11-22(20-23)29-24-13-4-3-10-21(24)18-19-31-29/h3-20H,1-2H3. The molecule has 0 N–H and O–H groups in total. The highest BCUT2D eigenvalue weighted by atomic mass is 15.2. The summed E-state index contributed by atoms with van der Waals surface area (Å²) in [5.41, 5.74) is 8.38. The number of anilines is 3. The van der Waals surface area contributed by atoms with Crippen molar-refractivity contribution in [1.82, 2.24) is 4.98 Å². The fraction of sp³-hybridized carbons (Fsp3) is 0.100. The highest BCUT2D eigenvalue weighted by Crippen LogP contribution is 2.51. The largest absolute Gasteiger partial charge is 0.310 e. The van der Waals surface area contributed by atoms with Gasteiger partial charge in [-0.15, -0.1) is 0 Å². The molecule has 0 fully saturated rings. The second-order valence-electron chi connectivity index (χ2n) is 8.93. The molecule has 4 aromatic carbocycles. The number of hydrogen-bond acceptors (Lipinski definition) is 2. The van der Waals surface area contributed by atoms with Gasteiger partial charge in [0.25, 0.3) is 0 Å². The Morgan fingerprint density at radius 2 is 1.31 bits per heavy atom. The van der Waals surface area contributed by atoms with Crippen LogP contribution in [0, 0.1) is 0 Å². The van der Waals surface area contributed by atoms with E-state index in [0.29, 0.717) is 0 Å². The molecule has 2 nitrogen and oxygen atoms in total. The van der Waals surface area contributed by atoms with Gasteiger partial charge < -0.3 is 4.90 Å². The molecule has 2 heterocycles. The Labute approximate surface area is 188 Å². The third-order valence-electron chi connectivity index (χ3n) is 6.69. The van der Waals surface area contributed by atoms with E-state index in [-0.39, 0.29) is 5.41 Å². The highest BCUT2D eigenvalue weighted by Gasteiger charge is 2.36. The fourth-order valence-corrected chi connectivity index (χ4v) is 5.09. The highest BCUT2D eigenvalue weighted by molar-refractivity contribution is 5.95. The summed E-state index contributed by atoms with van der Waals surface area (Å²) in [5, 5.41) is 2.38.